The van der Waals surface area contributed by atoms with E-state index < -0.39 is 5.60 Å². The Balaban J connectivity index is 3.82. The van der Waals surface area contributed by atoms with E-state index in [0.717, 1.165) is 0 Å². The van der Waals surface area contributed by atoms with Crippen LogP contribution in [-0.2, 0) is 14.3 Å². The molecule has 0 radical (unpaired) electrons. The van der Waals surface area contributed by atoms with Crippen LogP contribution in [0.5, 0.6) is 0 Å². The third-order valence-corrected chi connectivity index (χ3v) is 1.49. The monoisotopic (exact) mass is 158 g/mol. The van der Waals surface area contributed by atoms with Crippen molar-refractivity contribution in [1.82, 2.24) is 0 Å². The van der Waals surface area contributed by atoms with Gasteiger partial charge < -0.3 is 9.53 Å². The van der Waals surface area contributed by atoms with Gasteiger partial charge in [0.05, 0.1) is 12.0 Å². The molecule has 64 valence electrons. The maximum atomic E-state index is 10.9. The molecular weight excluding hydrogens is 144 g/mol. The summed E-state index contributed by atoms with van der Waals surface area (Å²) >= 11 is 0. The van der Waals surface area contributed by atoms with Crippen molar-refractivity contribution in [3.63, 3.8) is 0 Å². The first-order valence-corrected chi connectivity index (χ1v) is 3.52. The van der Waals surface area contributed by atoms with Gasteiger partial charge in [-0.05, 0) is 13.8 Å². The molecule has 11 heavy (non-hydrogen) atoms. The van der Waals surface area contributed by atoms with E-state index in [2.05, 4.69) is 0 Å². The summed E-state index contributed by atoms with van der Waals surface area (Å²) in [6, 6.07) is 0. The molecule has 0 amide bonds. The summed E-state index contributed by atoms with van der Waals surface area (Å²) in [4.78, 5) is 20.8. The van der Waals surface area contributed by atoms with E-state index in [9.17, 15) is 9.59 Å². The first-order chi connectivity index (χ1) is 5.02. The van der Waals surface area contributed by atoms with Gasteiger partial charge in [0.2, 0.25) is 0 Å². The number of ketones is 1. The van der Waals surface area contributed by atoms with Crippen molar-refractivity contribution in [2.24, 2.45) is 0 Å². The van der Waals surface area contributed by atoms with Gasteiger partial charge in [0, 0.05) is 13.5 Å². The fourth-order valence-corrected chi connectivity index (χ4v) is 0.712. The van der Waals surface area contributed by atoms with Crippen LogP contribution in [0, 0.1) is 0 Å². The van der Waals surface area contributed by atoms with Crippen molar-refractivity contribution in [2.75, 3.05) is 7.11 Å². The molecule has 0 rings (SSSR count). The minimum atomic E-state index is -0.444. The largest absolute Gasteiger partial charge is 0.378 e. The third-order valence-electron chi connectivity index (χ3n) is 1.49. The first kappa shape index (κ1) is 10.3. The van der Waals surface area contributed by atoms with E-state index in [1.54, 1.807) is 7.11 Å². The van der Waals surface area contributed by atoms with Gasteiger partial charge in [0.25, 0.3) is 0 Å². The molecule has 0 aromatic rings. The Labute approximate surface area is 66.7 Å². The van der Waals surface area contributed by atoms with E-state index >= 15 is 0 Å². The summed E-state index contributed by atoms with van der Waals surface area (Å²) < 4.78 is 5.02. The van der Waals surface area contributed by atoms with E-state index in [1.807, 2.05) is 13.8 Å². The molecular formula is C8H14O3. The number of rotatable bonds is 5. The van der Waals surface area contributed by atoms with Gasteiger partial charge in [-0.1, -0.05) is 0 Å². The molecule has 0 aliphatic carbocycles. The molecule has 0 heterocycles. The molecule has 3 heteroatoms. The average Bonchev–Trinajstić information content (AvgIpc) is 1.87. The van der Waals surface area contributed by atoms with E-state index in [4.69, 9.17) is 4.74 Å². The topological polar surface area (TPSA) is 43.4 Å². The highest BCUT2D eigenvalue weighted by Gasteiger charge is 2.20. The molecule has 0 atom stereocenters. The summed E-state index contributed by atoms with van der Waals surface area (Å²) in [6.07, 6.45) is 0.906. The zero-order valence-electron chi connectivity index (χ0n) is 7.22. The Morgan fingerprint density at radius 1 is 1.55 bits per heavy atom. The Hall–Kier alpha value is -0.700. The van der Waals surface area contributed by atoms with Gasteiger partial charge in [0.1, 0.15) is 12.1 Å². The van der Waals surface area contributed by atoms with Gasteiger partial charge in [-0.3, -0.25) is 4.79 Å². The second kappa shape index (κ2) is 4.23. The smallest absolute Gasteiger partial charge is 0.142 e. The minimum Gasteiger partial charge on any atom is -0.378 e. The molecule has 0 spiro atoms. The molecule has 0 aliphatic rings. The zero-order valence-corrected chi connectivity index (χ0v) is 7.22. The number of hydrogen-bond acceptors (Lipinski definition) is 3. The molecule has 0 fully saturated rings. The molecule has 0 saturated heterocycles. The maximum absolute atomic E-state index is 10.9. The van der Waals surface area contributed by atoms with Gasteiger partial charge in [-0.25, -0.2) is 0 Å². The van der Waals surface area contributed by atoms with Crippen molar-refractivity contribution in [1.29, 1.82) is 0 Å². The predicted octanol–water partition coefficient (Wildman–Crippen LogP) is 0.960. The number of Topliss-reactive ketones (excluding diaryl/α,β-unsaturated/α-hetero) is 1. The highest BCUT2D eigenvalue weighted by atomic mass is 16.5. The standard InChI is InChI=1S/C8H14O3/c1-8(2,11-3)6-7(10)4-5-9/h5H,4,6H2,1-3H3. The van der Waals surface area contributed by atoms with Gasteiger partial charge in [-0.15, -0.1) is 0 Å². The van der Waals surface area contributed by atoms with E-state index in [-0.39, 0.29) is 12.2 Å². The SMILES string of the molecule is COC(C)(C)CC(=O)CC=O. The van der Waals surface area contributed by atoms with Crippen LogP contribution in [0.1, 0.15) is 26.7 Å². The van der Waals surface area contributed by atoms with Crippen LogP contribution in [0.25, 0.3) is 0 Å². The minimum absolute atomic E-state index is 0.00715. The molecule has 0 saturated carbocycles. The number of carbonyl (C=O) groups excluding carboxylic acids is 2. The summed E-state index contributed by atoms with van der Waals surface area (Å²) in [6.45, 7) is 3.63. The highest BCUT2D eigenvalue weighted by molar-refractivity contribution is 5.90. The normalized spacial score (nSPS) is 11.2. The summed E-state index contributed by atoms with van der Waals surface area (Å²) in [5.74, 6) is -0.0770. The number of aldehydes is 1. The van der Waals surface area contributed by atoms with E-state index in [0.29, 0.717) is 12.7 Å². The second-order valence-corrected chi connectivity index (χ2v) is 3.05. The van der Waals surface area contributed by atoms with Crippen molar-refractivity contribution < 1.29 is 14.3 Å². The molecule has 0 aliphatic heterocycles. The lowest BCUT2D eigenvalue weighted by Crippen LogP contribution is -2.26. The average molecular weight is 158 g/mol. The summed E-state index contributed by atoms with van der Waals surface area (Å²) in [7, 11) is 1.55. The van der Waals surface area contributed by atoms with Crippen molar-refractivity contribution >= 4 is 12.1 Å². The Bertz CT molecular complexity index is 149. The fraction of sp³-hybridized carbons (Fsp3) is 0.750. The predicted molar refractivity (Wildman–Crippen MR) is 41.4 cm³/mol. The Morgan fingerprint density at radius 2 is 2.09 bits per heavy atom. The number of methoxy groups -OCH3 is 1. The lowest BCUT2D eigenvalue weighted by atomic mass is 10.0. The van der Waals surface area contributed by atoms with Gasteiger partial charge in [0.15, 0.2) is 0 Å². The van der Waals surface area contributed by atoms with Crippen LogP contribution in [0.15, 0.2) is 0 Å². The molecule has 3 nitrogen and oxygen atoms in total. The summed E-state index contributed by atoms with van der Waals surface area (Å²) in [5.41, 5.74) is -0.444. The van der Waals surface area contributed by atoms with Crippen molar-refractivity contribution in [3.05, 3.63) is 0 Å². The van der Waals surface area contributed by atoms with Gasteiger partial charge in [-0.2, -0.15) is 0 Å². The molecule has 0 unspecified atom stereocenters. The highest BCUT2D eigenvalue weighted by Crippen LogP contribution is 2.13. The fourth-order valence-electron chi connectivity index (χ4n) is 0.712. The van der Waals surface area contributed by atoms with Crippen LogP contribution in [0.4, 0.5) is 0 Å². The van der Waals surface area contributed by atoms with Crippen LogP contribution >= 0.6 is 0 Å². The molecule has 0 aromatic carbocycles. The van der Waals surface area contributed by atoms with Crippen LogP contribution in [0.3, 0.4) is 0 Å². The third kappa shape index (κ3) is 4.67. The van der Waals surface area contributed by atoms with E-state index in [1.165, 1.54) is 0 Å². The number of carbonyl (C=O) groups is 2. The molecule has 0 N–H and O–H groups in total. The zero-order chi connectivity index (χ0) is 8.91. The Morgan fingerprint density at radius 3 is 2.45 bits per heavy atom. The first-order valence-electron chi connectivity index (χ1n) is 3.52. The Kier molecular flexibility index (Phi) is 3.97. The maximum Gasteiger partial charge on any atom is 0.142 e. The number of ether oxygens (including phenoxy) is 1. The lowest BCUT2D eigenvalue weighted by molar-refractivity contribution is -0.126. The quantitative estimate of drug-likeness (QED) is 0.442. The number of hydrogen-bond donors (Lipinski definition) is 0. The van der Waals surface area contributed by atoms with Crippen molar-refractivity contribution in [2.45, 2.75) is 32.3 Å². The van der Waals surface area contributed by atoms with Crippen LogP contribution in [-0.4, -0.2) is 24.8 Å². The lowest BCUT2D eigenvalue weighted by Gasteiger charge is -2.20. The van der Waals surface area contributed by atoms with Crippen LogP contribution in [0.2, 0.25) is 0 Å². The van der Waals surface area contributed by atoms with Crippen LogP contribution < -0.4 is 0 Å². The molecule has 0 bridgehead atoms. The summed E-state index contributed by atoms with van der Waals surface area (Å²) in [5, 5.41) is 0. The molecule has 0 aromatic heterocycles. The second-order valence-electron chi connectivity index (χ2n) is 3.05. The van der Waals surface area contributed by atoms with Gasteiger partial charge >= 0.3 is 0 Å². The van der Waals surface area contributed by atoms with Crippen molar-refractivity contribution in [3.8, 4) is 0 Å².